The average Bonchev–Trinajstić information content (AvgIpc) is 2.52. The van der Waals surface area contributed by atoms with Crippen LogP contribution in [0.1, 0.15) is 29.8 Å². The molecule has 0 radical (unpaired) electrons. The number of esters is 1. The third-order valence-corrected chi connectivity index (χ3v) is 3.65. The molecule has 1 N–H and O–H groups in total. The molecule has 1 heterocycles. The smallest absolute Gasteiger partial charge is 0.343 e. The molecule has 1 aromatic carbocycles. The fourth-order valence-corrected chi connectivity index (χ4v) is 2.28. The Kier molecular flexibility index (Phi) is 5.61. The average molecular weight is 329 g/mol. The number of hydrogen-bond acceptors (Lipinski definition) is 5. The quantitative estimate of drug-likeness (QED) is 0.691. The second kappa shape index (κ2) is 7.65. The summed E-state index contributed by atoms with van der Waals surface area (Å²) >= 11 is 1.13. The maximum atomic E-state index is 12.4. The number of benzene rings is 1. The highest BCUT2D eigenvalue weighted by Gasteiger charge is 2.13. The normalized spacial score (nSPS) is 10.0. The van der Waals surface area contributed by atoms with Crippen LogP contribution >= 0.6 is 11.8 Å². The van der Waals surface area contributed by atoms with Crippen LogP contribution in [-0.4, -0.2) is 28.4 Å². The van der Waals surface area contributed by atoms with Gasteiger partial charge in [-0.3, -0.25) is 9.59 Å². The molecule has 0 aliphatic carbocycles. The highest BCUT2D eigenvalue weighted by molar-refractivity contribution is 8.13. The molecule has 0 bridgehead atoms. The van der Waals surface area contributed by atoms with E-state index >= 15 is 0 Å². The first-order valence-electron chi connectivity index (χ1n) is 6.97. The maximum Gasteiger partial charge on any atom is 0.343 e. The Morgan fingerprint density at radius 2 is 2.13 bits per heavy atom. The standard InChI is InChI=1S/C17H15NO4S/c1-3-22-17(21)14-10-18-15-7-6-12(9-13(15)16(14)20)5-4-8-23-11(2)19/h6-7,9-10H,3,8H2,1-2H3,(H,18,20). The van der Waals surface area contributed by atoms with Gasteiger partial charge in [0.05, 0.1) is 12.4 Å². The first kappa shape index (κ1) is 16.8. The Labute approximate surface area is 137 Å². The first-order chi connectivity index (χ1) is 11.0. The Bertz CT molecular complexity index is 874. The highest BCUT2D eigenvalue weighted by atomic mass is 32.2. The third-order valence-electron chi connectivity index (χ3n) is 2.96. The molecule has 5 nitrogen and oxygen atoms in total. The zero-order valence-electron chi connectivity index (χ0n) is 12.8. The van der Waals surface area contributed by atoms with Gasteiger partial charge in [0.25, 0.3) is 0 Å². The van der Waals surface area contributed by atoms with E-state index in [1.165, 1.54) is 13.1 Å². The van der Waals surface area contributed by atoms with Crippen molar-refractivity contribution in [1.82, 2.24) is 4.98 Å². The summed E-state index contributed by atoms with van der Waals surface area (Å²) in [5.74, 6) is 5.51. The lowest BCUT2D eigenvalue weighted by Gasteiger charge is -2.03. The second-order valence-corrected chi connectivity index (χ2v) is 5.75. The molecule has 23 heavy (non-hydrogen) atoms. The summed E-state index contributed by atoms with van der Waals surface area (Å²) in [7, 11) is 0. The van der Waals surface area contributed by atoms with Crippen molar-refractivity contribution in [2.75, 3.05) is 12.4 Å². The van der Waals surface area contributed by atoms with Crippen molar-refractivity contribution in [2.24, 2.45) is 0 Å². The zero-order chi connectivity index (χ0) is 16.8. The number of carbonyl (C=O) groups is 2. The second-order valence-electron chi connectivity index (χ2n) is 4.59. The van der Waals surface area contributed by atoms with E-state index in [4.69, 9.17) is 4.74 Å². The van der Waals surface area contributed by atoms with E-state index in [1.807, 2.05) is 0 Å². The Balaban J connectivity index is 2.37. The van der Waals surface area contributed by atoms with Crippen molar-refractivity contribution in [1.29, 1.82) is 0 Å². The fourth-order valence-electron chi connectivity index (χ4n) is 1.93. The minimum atomic E-state index is -0.648. The molecule has 1 aromatic heterocycles. The van der Waals surface area contributed by atoms with Crippen LogP contribution in [0.25, 0.3) is 10.9 Å². The van der Waals surface area contributed by atoms with Gasteiger partial charge in [0, 0.05) is 29.6 Å². The predicted octanol–water partition coefficient (Wildman–Crippen LogP) is 2.34. The van der Waals surface area contributed by atoms with Crippen LogP contribution in [-0.2, 0) is 9.53 Å². The maximum absolute atomic E-state index is 12.4. The number of pyridine rings is 1. The van der Waals surface area contributed by atoms with E-state index in [-0.39, 0.29) is 22.7 Å². The van der Waals surface area contributed by atoms with Crippen LogP contribution in [0, 0.1) is 11.8 Å². The van der Waals surface area contributed by atoms with Gasteiger partial charge in [-0.05, 0) is 25.1 Å². The van der Waals surface area contributed by atoms with Crippen molar-refractivity contribution in [3.05, 3.63) is 45.7 Å². The lowest BCUT2D eigenvalue weighted by Crippen LogP contribution is -2.18. The Hall–Kier alpha value is -2.52. The van der Waals surface area contributed by atoms with Gasteiger partial charge in [-0.15, -0.1) is 0 Å². The number of aromatic nitrogens is 1. The summed E-state index contributed by atoms with van der Waals surface area (Å²) in [6.45, 7) is 3.37. The molecule has 0 aliphatic rings. The first-order valence-corrected chi connectivity index (χ1v) is 7.96. The molecule has 0 fully saturated rings. The van der Waals surface area contributed by atoms with E-state index in [0.717, 1.165) is 11.8 Å². The van der Waals surface area contributed by atoms with E-state index in [2.05, 4.69) is 16.8 Å². The van der Waals surface area contributed by atoms with Crippen LogP contribution in [0.5, 0.6) is 0 Å². The molecular formula is C17H15NO4S. The van der Waals surface area contributed by atoms with Crippen LogP contribution in [0.4, 0.5) is 0 Å². The van der Waals surface area contributed by atoms with Crippen LogP contribution in [0.15, 0.2) is 29.2 Å². The monoisotopic (exact) mass is 329 g/mol. The summed E-state index contributed by atoms with van der Waals surface area (Å²) < 4.78 is 4.87. The van der Waals surface area contributed by atoms with Crippen LogP contribution < -0.4 is 5.43 Å². The number of ether oxygens (including phenoxy) is 1. The lowest BCUT2D eigenvalue weighted by molar-refractivity contribution is -0.109. The molecule has 0 aliphatic heterocycles. The van der Waals surface area contributed by atoms with Crippen LogP contribution in [0.2, 0.25) is 0 Å². The van der Waals surface area contributed by atoms with Crippen molar-refractivity contribution in [3.63, 3.8) is 0 Å². The van der Waals surface area contributed by atoms with Gasteiger partial charge in [0.1, 0.15) is 5.56 Å². The lowest BCUT2D eigenvalue weighted by atomic mass is 10.1. The van der Waals surface area contributed by atoms with E-state index in [9.17, 15) is 14.4 Å². The summed E-state index contributed by atoms with van der Waals surface area (Å²) in [6.07, 6.45) is 1.36. The summed E-state index contributed by atoms with van der Waals surface area (Å²) in [4.78, 5) is 37.9. The van der Waals surface area contributed by atoms with Gasteiger partial charge < -0.3 is 9.72 Å². The molecule has 0 saturated heterocycles. The number of aromatic amines is 1. The van der Waals surface area contributed by atoms with Gasteiger partial charge in [0.15, 0.2) is 5.12 Å². The largest absolute Gasteiger partial charge is 0.462 e. The molecule has 0 saturated carbocycles. The van der Waals surface area contributed by atoms with Crippen molar-refractivity contribution in [3.8, 4) is 11.8 Å². The van der Waals surface area contributed by atoms with Crippen molar-refractivity contribution >= 4 is 33.7 Å². The topological polar surface area (TPSA) is 76.2 Å². The molecule has 6 heteroatoms. The molecule has 0 amide bonds. The van der Waals surface area contributed by atoms with Gasteiger partial charge >= 0.3 is 5.97 Å². The Morgan fingerprint density at radius 3 is 2.83 bits per heavy atom. The summed E-state index contributed by atoms with van der Waals surface area (Å²) in [5, 5.41) is 0.384. The summed E-state index contributed by atoms with van der Waals surface area (Å²) in [6, 6.07) is 5.13. The van der Waals surface area contributed by atoms with Crippen molar-refractivity contribution in [2.45, 2.75) is 13.8 Å². The highest BCUT2D eigenvalue weighted by Crippen LogP contribution is 2.11. The van der Waals surface area contributed by atoms with Gasteiger partial charge in [-0.2, -0.15) is 0 Å². The number of carbonyl (C=O) groups excluding carboxylic acids is 2. The number of nitrogens with one attached hydrogen (secondary N) is 1. The minimum absolute atomic E-state index is 0.00772. The summed E-state index contributed by atoms with van der Waals surface area (Å²) in [5.41, 5.74) is 0.843. The van der Waals surface area contributed by atoms with Gasteiger partial charge in [0.2, 0.25) is 5.43 Å². The molecule has 0 spiro atoms. The molecule has 0 atom stereocenters. The third kappa shape index (κ3) is 4.24. The van der Waals surface area contributed by atoms with E-state index < -0.39 is 5.97 Å². The van der Waals surface area contributed by atoms with Crippen LogP contribution in [0.3, 0.4) is 0 Å². The molecular weight excluding hydrogens is 314 g/mol. The van der Waals surface area contributed by atoms with E-state index in [0.29, 0.717) is 22.2 Å². The molecule has 2 aromatic rings. The zero-order valence-corrected chi connectivity index (χ0v) is 13.6. The number of thioether (sulfide) groups is 1. The molecule has 0 unspecified atom stereocenters. The number of hydrogen-bond donors (Lipinski definition) is 1. The Morgan fingerprint density at radius 1 is 1.35 bits per heavy atom. The predicted molar refractivity (Wildman–Crippen MR) is 90.5 cm³/mol. The minimum Gasteiger partial charge on any atom is -0.462 e. The fraction of sp³-hybridized carbons (Fsp3) is 0.235. The molecule has 118 valence electrons. The van der Waals surface area contributed by atoms with Crippen molar-refractivity contribution < 1.29 is 14.3 Å². The molecule has 2 rings (SSSR count). The van der Waals surface area contributed by atoms with Gasteiger partial charge in [-0.1, -0.05) is 23.6 Å². The number of H-pyrrole nitrogens is 1. The van der Waals surface area contributed by atoms with E-state index in [1.54, 1.807) is 25.1 Å². The number of fused-ring (bicyclic) bond motifs is 1. The number of rotatable bonds is 3. The SMILES string of the molecule is CCOC(=O)c1c[nH]c2ccc(C#CCSC(C)=O)cc2c1=O. The van der Waals surface area contributed by atoms with Gasteiger partial charge in [-0.25, -0.2) is 4.79 Å².